The number of hydrogen-bond donors (Lipinski definition) is 1. The maximum Gasteiger partial charge on any atom is 1.00 e. The van der Waals surface area contributed by atoms with Crippen molar-refractivity contribution in [3.05, 3.63) is 5.92 Å². The van der Waals surface area contributed by atoms with E-state index >= 15 is 0 Å². The van der Waals surface area contributed by atoms with Crippen LogP contribution in [0.5, 0.6) is 0 Å². The van der Waals surface area contributed by atoms with E-state index in [9.17, 15) is 4.79 Å². The van der Waals surface area contributed by atoms with Crippen molar-refractivity contribution in [2.75, 3.05) is 0 Å². The van der Waals surface area contributed by atoms with E-state index in [2.05, 4.69) is 0 Å². The largest absolute Gasteiger partial charge is 1.00 e. The second kappa shape index (κ2) is 7.38. The first kappa shape index (κ1) is 12.9. The molecule has 0 radical (unpaired) electrons. The summed E-state index contributed by atoms with van der Waals surface area (Å²) in [6.45, 7) is 3.87. The van der Waals surface area contributed by atoms with E-state index in [1.54, 1.807) is 0 Å². The predicted molar refractivity (Wildman–Crippen MR) is 31.5 cm³/mol. The molecule has 48 valence electrons. The SMILES string of the molecule is C[C-](C)CCC(=O)O.[Rb+]. The molecule has 0 spiro atoms. The zero-order valence-electron chi connectivity index (χ0n) is 6.27. The first-order valence-corrected chi connectivity index (χ1v) is 2.63. The van der Waals surface area contributed by atoms with Crippen molar-refractivity contribution in [1.29, 1.82) is 0 Å². The fourth-order valence-corrected chi connectivity index (χ4v) is 0.357. The van der Waals surface area contributed by atoms with Gasteiger partial charge < -0.3 is 11.0 Å². The average molecular weight is 201 g/mol. The molecule has 0 aliphatic heterocycles. The maximum absolute atomic E-state index is 9.89. The molecule has 0 heterocycles. The van der Waals surface area contributed by atoms with E-state index < -0.39 is 5.97 Å². The molecular weight excluding hydrogens is 190 g/mol. The van der Waals surface area contributed by atoms with Crippen LogP contribution in [0.15, 0.2) is 0 Å². The third-order valence-corrected chi connectivity index (χ3v) is 0.839. The van der Waals surface area contributed by atoms with Crippen molar-refractivity contribution in [3.63, 3.8) is 0 Å². The minimum absolute atomic E-state index is 0. The third-order valence-electron chi connectivity index (χ3n) is 0.839. The van der Waals surface area contributed by atoms with E-state index in [0.717, 1.165) is 0 Å². The topological polar surface area (TPSA) is 37.3 Å². The predicted octanol–water partition coefficient (Wildman–Crippen LogP) is -1.53. The Kier molecular flexibility index (Phi) is 10.6. The number of carbonyl (C=O) groups is 1. The van der Waals surface area contributed by atoms with Crippen molar-refractivity contribution < 1.29 is 68.1 Å². The molecule has 0 saturated heterocycles. The molecule has 0 aliphatic carbocycles. The van der Waals surface area contributed by atoms with Crippen LogP contribution in [0.25, 0.3) is 0 Å². The molecule has 0 saturated carbocycles. The van der Waals surface area contributed by atoms with Crippen LogP contribution < -0.4 is 58.2 Å². The van der Waals surface area contributed by atoms with E-state index in [-0.39, 0.29) is 64.6 Å². The Morgan fingerprint density at radius 3 is 2.11 bits per heavy atom. The van der Waals surface area contributed by atoms with E-state index in [1.165, 1.54) is 5.92 Å². The monoisotopic (exact) mass is 200 g/mol. The molecule has 2 nitrogen and oxygen atoms in total. The van der Waals surface area contributed by atoms with Gasteiger partial charge in [0.2, 0.25) is 0 Å². The summed E-state index contributed by atoms with van der Waals surface area (Å²) < 4.78 is 0. The summed E-state index contributed by atoms with van der Waals surface area (Å²) in [7, 11) is 0. The zero-order valence-corrected chi connectivity index (χ0v) is 11.2. The molecule has 0 bridgehead atoms. The van der Waals surface area contributed by atoms with Gasteiger partial charge >= 0.3 is 64.2 Å². The Morgan fingerprint density at radius 2 is 2.00 bits per heavy atom. The molecule has 0 fully saturated rings. The smallest absolute Gasteiger partial charge is 0.481 e. The summed E-state index contributed by atoms with van der Waals surface area (Å²) in [5.41, 5.74) is 0. The van der Waals surface area contributed by atoms with E-state index in [4.69, 9.17) is 5.11 Å². The van der Waals surface area contributed by atoms with Crippen LogP contribution in [0, 0.1) is 5.92 Å². The van der Waals surface area contributed by atoms with Crippen LogP contribution in [0.1, 0.15) is 26.7 Å². The van der Waals surface area contributed by atoms with Gasteiger partial charge in [-0.05, 0) is 0 Å². The van der Waals surface area contributed by atoms with Gasteiger partial charge in [0.05, 0.1) is 0 Å². The summed E-state index contributed by atoms with van der Waals surface area (Å²) in [6, 6.07) is 0. The molecule has 0 rings (SSSR count). The van der Waals surface area contributed by atoms with Crippen LogP contribution in [-0.4, -0.2) is 11.1 Å². The van der Waals surface area contributed by atoms with Crippen LogP contribution >= 0.6 is 0 Å². The second-order valence-corrected chi connectivity index (χ2v) is 2.10. The molecule has 0 aliphatic rings. The van der Waals surface area contributed by atoms with Gasteiger partial charge in [-0.25, -0.2) is 0 Å². The van der Waals surface area contributed by atoms with Crippen molar-refractivity contribution in [2.24, 2.45) is 0 Å². The number of carboxylic acid groups (broad SMARTS) is 1. The molecular formula is C6H11O2Rb. The van der Waals surface area contributed by atoms with Crippen LogP contribution in [0.4, 0.5) is 0 Å². The number of rotatable bonds is 3. The van der Waals surface area contributed by atoms with Gasteiger partial charge in [0.15, 0.2) is 0 Å². The Morgan fingerprint density at radius 1 is 1.56 bits per heavy atom. The molecule has 0 amide bonds. The minimum atomic E-state index is -0.716. The molecule has 0 aromatic heterocycles. The standard InChI is InChI=1S/C6H11O2.Rb/c1-5(2)3-4-6(7)8;/h3-4H2,1-2H3,(H,7,8);/q-1;+1. The Balaban J connectivity index is 0. The molecule has 9 heavy (non-hydrogen) atoms. The van der Waals surface area contributed by atoms with Gasteiger partial charge in [0.1, 0.15) is 0 Å². The van der Waals surface area contributed by atoms with Crippen LogP contribution in [-0.2, 0) is 4.79 Å². The van der Waals surface area contributed by atoms with Crippen LogP contribution in [0.2, 0.25) is 0 Å². The normalized spacial score (nSPS) is 8.78. The van der Waals surface area contributed by atoms with Gasteiger partial charge in [-0.2, -0.15) is 20.3 Å². The first-order chi connectivity index (χ1) is 3.63. The molecule has 3 heteroatoms. The van der Waals surface area contributed by atoms with Gasteiger partial charge in [-0.15, -0.1) is 0 Å². The van der Waals surface area contributed by atoms with Gasteiger partial charge in [-0.3, -0.25) is 4.79 Å². The summed E-state index contributed by atoms with van der Waals surface area (Å²) in [5, 5.41) is 8.15. The maximum atomic E-state index is 9.89. The fourth-order valence-electron chi connectivity index (χ4n) is 0.357. The molecule has 0 unspecified atom stereocenters. The first-order valence-electron chi connectivity index (χ1n) is 2.63. The van der Waals surface area contributed by atoms with Crippen molar-refractivity contribution in [3.8, 4) is 0 Å². The molecule has 0 aromatic rings. The Hall–Kier alpha value is 1.28. The van der Waals surface area contributed by atoms with Crippen molar-refractivity contribution in [2.45, 2.75) is 26.7 Å². The summed E-state index contributed by atoms with van der Waals surface area (Å²) in [4.78, 5) is 9.89. The number of hydrogen-bond acceptors (Lipinski definition) is 1. The molecule has 0 atom stereocenters. The third kappa shape index (κ3) is 12.5. The minimum Gasteiger partial charge on any atom is -0.481 e. The number of aliphatic carboxylic acids is 1. The number of carboxylic acids is 1. The summed E-state index contributed by atoms with van der Waals surface area (Å²) >= 11 is 0. The second-order valence-electron chi connectivity index (χ2n) is 2.10. The van der Waals surface area contributed by atoms with E-state index in [1.807, 2.05) is 13.8 Å². The quantitative estimate of drug-likeness (QED) is 0.562. The van der Waals surface area contributed by atoms with Gasteiger partial charge in [-0.1, -0.05) is 0 Å². The van der Waals surface area contributed by atoms with Gasteiger partial charge in [0, 0.05) is 6.42 Å². The van der Waals surface area contributed by atoms with Crippen molar-refractivity contribution in [1.82, 2.24) is 0 Å². The average Bonchev–Trinajstić information content (AvgIpc) is 1.61. The van der Waals surface area contributed by atoms with E-state index in [0.29, 0.717) is 6.42 Å². The van der Waals surface area contributed by atoms with Gasteiger partial charge in [0.25, 0.3) is 0 Å². The Bertz CT molecular complexity index is 81.1. The zero-order chi connectivity index (χ0) is 6.57. The van der Waals surface area contributed by atoms with Crippen LogP contribution in [0.3, 0.4) is 0 Å². The molecule has 0 aromatic carbocycles. The fraction of sp³-hybridized carbons (Fsp3) is 0.667. The molecule has 1 N–H and O–H groups in total. The Labute approximate surface area is 105 Å². The summed E-state index contributed by atoms with van der Waals surface area (Å²) in [5.74, 6) is 0.457. The van der Waals surface area contributed by atoms with Crippen molar-refractivity contribution >= 4 is 5.97 Å². The summed E-state index contributed by atoms with van der Waals surface area (Å²) in [6.07, 6.45) is 0.970.